The van der Waals surface area contributed by atoms with E-state index in [1.807, 2.05) is 30.2 Å². The molecule has 0 saturated heterocycles. The Bertz CT molecular complexity index is 607. The lowest BCUT2D eigenvalue weighted by atomic mass is 10.1. The highest BCUT2D eigenvalue weighted by Crippen LogP contribution is 2.16. The minimum atomic E-state index is 0.0419. The maximum atomic E-state index is 4.73. The summed E-state index contributed by atoms with van der Waals surface area (Å²) in [6.07, 6.45) is 5.71. The smallest absolute Gasteiger partial charge is 0.131 e. The van der Waals surface area contributed by atoms with Crippen molar-refractivity contribution in [3.8, 4) is 5.69 Å². The third kappa shape index (κ3) is 4.11. The highest BCUT2D eigenvalue weighted by Gasteiger charge is 2.15. The molecule has 0 aliphatic rings. The number of aromatic nitrogens is 4. The maximum Gasteiger partial charge on any atom is 0.131 e. The second kappa shape index (κ2) is 5.93. The van der Waals surface area contributed by atoms with Crippen molar-refractivity contribution in [2.45, 2.75) is 59.5 Å². The molecule has 21 heavy (non-hydrogen) atoms. The van der Waals surface area contributed by atoms with E-state index in [0.29, 0.717) is 12.5 Å². The summed E-state index contributed by atoms with van der Waals surface area (Å²) in [5, 5.41) is 7.86. The van der Waals surface area contributed by atoms with Gasteiger partial charge in [-0.2, -0.15) is 5.10 Å². The summed E-state index contributed by atoms with van der Waals surface area (Å²) in [4.78, 5) is 9.20. The quantitative estimate of drug-likeness (QED) is 0.939. The number of nitrogens with one attached hydrogen (secondary N) is 1. The number of hydrogen-bond acceptors (Lipinski definition) is 4. The summed E-state index contributed by atoms with van der Waals surface area (Å²) in [6, 6.07) is 0. The first-order chi connectivity index (χ1) is 9.76. The average molecular weight is 287 g/mol. The highest BCUT2D eigenvalue weighted by atomic mass is 15.3. The van der Waals surface area contributed by atoms with Crippen LogP contribution in [-0.4, -0.2) is 25.3 Å². The Balaban J connectivity index is 2.39. The van der Waals surface area contributed by atoms with E-state index in [1.165, 1.54) is 0 Å². The Morgan fingerprint density at radius 1 is 1.24 bits per heavy atom. The van der Waals surface area contributed by atoms with Gasteiger partial charge in [-0.25, -0.2) is 14.6 Å². The summed E-state index contributed by atoms with van der Waals surface area (Å²) >= 11 is 0. The molecule has 2 aromatic rings. The molecule has 0 aliphatic heterocycles. The second-order valence-corrected chi connectivity index (χ2v) is 6.78. The molecule has 0 atom stereocenters. The Hall–Kier alpha value is -1.75. The van der Waals surface area contributed by atoms with Gasteiger partial charge in [0.25, 0.3) is 0 Å². The number of aryl methyl sites for hydroxylation is 1. The molecular weight excluding hydrogens is 262 g/mol. The van der Waals surface area contributed by atoms with Crippen LogP contribution in [0.25, 0.3) is 5.69 Å². The van der Waals surface area contributed by atoms with Crippen LogP contribution in [0, 0.1) is 6.92 Å². The number of hydrogen-bond donors (Lipinski definition) is 1. The molecule has 0 aromatic carbocycles. The molecule has 0 aliphatic carbocycles. The second-order valence-electron chi connectivity index (χ2n) is 6.78. The van der Waals surface area contributed by atoms with E-state index in [0.717, 1.165) is 22.8 Å². The van der Waals surface area contributed by atoms with E-state index >= 15 is 0 Å². The average Bonchev–Trinajstić information content (AvgIpc) is 2.81. The molecule has 1 N–H and O–H groups in total. The largest absolute Gasteiger partial charge is 0.306 e. The predicted molar refractivity (Wildman–Crippen MR) is 84.6 cm³/mol. The lowest BCUT2D eigenvalue weighted by Crippen LogP contribution is -2.35. The van der Waals surface area contributed by atoms with Crippen LogP contribution in [-0.2, 0) is 6.54 Å². The summed E-state index contributed by atoms with van der Waals surface area (Å²) in [6.45, 7) is 13.4. The van der Waals surface area contributed by atoms with Crippen LogP contribution in [0.2, 0.25) is 0 Å². The van der Waals surface area contributed by atoms with E-state index < -0.39 is 0 Å². The highest BCUT2D eigenvalue weighted by molar-refractivity contribution is 5.34. The van der Waals surface area contributed by atoms with Crippen LogP contribution < -0.4 is 5.32 Å². The molecule has 0 spiro atoms. The Morgan fingerprint density at radius 3 is 2.48 bits per heavy atom. The van der Waals surface area contributed by atoms with E-state index in [-0.39, 0.29) is 5.54 Å². The van der Waals surface area contributed by atoms with Crippen molar-refractivity contribution >= 4 is 0 Å². The Kier molecular flexibility index (Phi) is 4.42. The molecular formula is C16H25N5. The van der Waals surface area contributed by atoms with Gasteiger partial charge in [-0.15, -0.1) is 0 Å². The fraction of sp³-hybridized carbons (Fsp3) is 0.562. The Morgan fingerprint density at radius 2 is 1.95 bits per heavy atom. The molecule has 0 saturated carbocycles. The van der Waals surface area contributed by atoms with Gasteiger partial charge in [-0.1, -0.05) is 13.8 Å². The van der Waals surface area contributed by atoms with E-state index in [1.54, 1.807) is 0 Å². The molecule has 0 amide bonds. The van der Waals surface area contributed by atoms with Crippen molar-refractivity contribution < 1.29 is 0 Å². The standard InChI is InChI=1S/C16H25N5/c1-11(2)15-17-9-14(21-10-12(3)7-19-21)13(20-15)8-18-16(4,5)6/h7,9-11,18H,8H2,1-6H3. The van der Waals surface area contributed by atoms with Crippen molar-refractivity contribution in [3.63, 3.8) is 0 Å². The van der Waals surface area contributed by atoms with Gasteiger partial charge >= 0.3 is 0 Å². The normalized spacial score (nSPS) is 12.1. The molecule has 2 heterocycles. The lowest BCUT2D eigenvalue weighted by molar-refractivity contribution is 0.419. The molecule has 5 heteroatoms. The van der Waals surface area contributed by atoms with E-state index in [4.69, 9.17) is 4.98 Å². The third-order valence-corrected chi connectivity index (χ3v) is 3.13. The van der Waals surface area contributed by atoms with Crippen LogP contribution in [0.5, 0.6) is 0 Å². The predicted octanol–water partition coefficient (Wildman–Crippen LogP) is 2.98. The van der Waals surface area contributed by atoms with Crippen LogP contribution >= 0.6 is 0 Å². The Labute approximate surface area is 126 Å². The van der Waals surface area contributed by atoms with Gasteiger partial charge in [0.1, 0.15) is 11.5 Å². The minimum Gasteiger partial charge on any atom is -0.306 e. The van der Waals surface area contributed by atoms with E-state index in [9.17, 15) is 0 Å². The zero-order valence-electron chi connectivity index (χ0n) is 13.8. The number of nitrogens with zero attached hydrogens (tertiary/aromatic N) is 4. The van der Waals surface area contributed by atoms with Gasteiger partial charge < -0.3 is 5.32 Å². The van der Waals surface area contributed by atoms with Crippen molar-refractivity contribution in [3.05, 3.63) is 35.7 Å². The first kappa shape index (κ1) is 15.6. The van der Waals surface area contributed by atoms with Gasteiger partial charge in [0.05, 0.1) is 18.1 Å². The first-order valence-electron chi connectivity index (χ1n) is 7.39. The maximum absolute atomic E-state index is 4.73. The van der Waals surface area contributed by atoms with Gasteiger partial charge in [-0.05, 0) is 33.3 Å². The van der Waals surface area contributed by atoms with Crippen molar-refractivity contribution in [1.82, 2.24) is 25.1 Å². The van der Waals surface area contributed by atoms with Crippen LogP contribution in [0.15, 0.2) is 18.6 Å². The molecule has 0 bridgehead atoms. The third-order valence-electron chi connectivity index (χ3n) is 3.13. The topological polar surface area (TPSA) is 55.6 Å². The van der Waals surface area contributed by atoms with Crippen molar-refractivity contribution in [1.29, 1.82) is 0 Å². The van der Waals surface area contributed by atoms with E-state index in [2.05, 4.69) is 50.0 Å². The SMILES string of the molecule is Cc1cnn(-c2cnc(C(C)C)nc2CNC(C)(C)C)c1. The molecule has 114 valence electrons. The summed E-state index contributed by atoms with van der Waals surface area (Å²) in [7, 11) is 0. The molecule has 0 fully saturated rings. The monoisotopic (exact) mass is 287 g/mol. The van der Waals surface area contributed by atoms with Crippen molar-refractivity contribution in [2.24, 2.45) is 0 Å². The first-order valence-corrected chi connectivity index (χ1v) is 7.39. The van der Waals surface area contributed by atoms with Gasteiger partial charge in [0.15, 0.2) is 0 Å². The summed E-state index contributed by atoms with van der Waals surface area (Å²) < 4.78 is 1.85. The zero-order valence-corrected chi connectivity index (χ0v) is 13.8. The molecule has 2 rings (SSSR count). The zero-order chi connectivity index (χ0) is 15.6. The van der Waals surface area contributed by atoms with Gasteiger partial charge in [0.2, 0.25) is 0 Å². The molecule has 0 radical (unpaired) electrons. The minimum absolute atomic E-state index is 0.0419. The van der Waals surface area contributed by atoms with Crippen LogP contribution in [0.1, 0.15) is 57.6 Å². The molecule has 5 nitrogen and oxygen atoms in total. The number of rotatable bonds is 4. The fourth-order valence-corrected chi connectivity index (χ4v) is 1.92. The molecule has 0 unspecified atom stereocenters. The van der Waals surface area contributed by atoms with Crippen LogP contribution in [0.4, 0.5) is 0 Å². The van der Waals surface area contributed by atoms with Crippen molar-refractivity contribution in [2.75, 3.05) is 0 Å². The summed E-state index contributed by atoms with van der Waals surface area (Å²) in [5.74, 6) is 1.18. The lowest BCUT2D eigenvalue weighted by Gasteiger charge is -2.21. The summed E-state index contributed by atoms with van der Waals surface area (Å²) in [5.41, 5.74) is 3.08. The van der Waals surface area contributed by atoms with Crippen LogP contribution in [0.3, 0.4) is 0 Å². The van der Waals surface area contributed by atoms with Gasteiger partial charge in [-0.3, -0.25) is 0 Å². The fourth-order valence-electron chi connectivity index (χ4n) is 1.92. The van der Waals surface area contributed by atoms with Gasteiger partial charge in [0, 0.05) is 24.2 Å². The molecule has 2 aromatic heterocycles.